The molecule has 3 nitrogen and oxygen atoms in total. The minimum Gasteiger partial charge on any atom is -0.465 e. The summed E-state index contributed by atoms with van der Waals surface area (Å²) in [6.45, 7) is 0. The first-order chi connectivity index (χ1) is 12.8. The van der Waals surface area contributed by atoms with Crippen LogP contribution in [0.5, 0.6) is 0 Å². The van der Waals surface area contributed by atoms with Crippen LogP contribution in [0.2, 0.25) is 0 Å². The number of carbonyl (C=O) groups is 1. The topological polar surface area (TPSA) is 42.1 Å². The van der Waals surface area contributed by atoms with Crippen molar-refractivity contribution in [2.45, 2.75) is 11.1 Å². The summed E-state index contributed by atoms with van der Waals surface area (Å²) < 4.78 is 58.2. The number of hydrogen-bond acceptors (Lipinski definition) is 3. The summed E-state index contributed by atoms with van der Waals surface area (Å²) in [6, 6.07) is 15.7. The summed E-state index contributed by atoms with van der Waals surface area (Å²) in [5.41, 5.74) is -0.184. The van der Waals surface area contributed by atoms with Crippen molar-refractivity contribution in [1.82, 2.24) is 4.98 Å². The van der Waals surface area contributed by atoms with Gasteiger partial charge in [-0.3, -0.25) is 0 Å². The highest BCUT2D eigenvalue weighted by Crippen LogP contribution is 2.44. The SMILES string of the molecule is COC(=O)/C(=C(/F)Sc1c(-c2ccccc2)[nH]c2ccccc12)C(F)(F)F. The smallest absolute Gasteiger partial charge is 0.426 e. The van der Waals surface area contributed by atoms with Crippen LogP contribution < -0.4 is 0 Å². The molecule has 0 spiro atoms. The molecule has 1 heterocycles. The predicted molar refractivity (Wildman–Crippen MR) is 95.8 cm³/mol. The van der Waals surface area contributed by atoms with Crippen molar-refractivity contribution in [3.8, 4) is 11.3 Å². The second-order valence-electron chi connectivity index (χ2n) is 5.48. The van der Waals surface area contributed by atoms with E-state index in [1.54, 1.807) is 54.6 Å². The first-order valence-electron chi connectivity index (χ1n) is 7.72. The molecule has 27 heavy (non-hydrogen) atoms. The van der Waals surface area contributed by atoms with Crippen LogP contribution in [0.3, 0.4) is 0 Å². The molecule has 1 aromatic heterocycles. The van der Waals surface area contributed by atoms with Gasteiger partial charge in [0.05, 0.1) is 12.8 Å². The molecule has 1 N–H and O–H groups in total. The Balaban J connectivity index is 2.19. The van der Waals surface area contributed by atoms with Crippen LogP contribution in [0.4, 0.5) is 17.6 Å². The van der Waals surface area contributed by atoms with Crippen molar-refractivity contribution in [3.05, 3.63) is 65.3 Å². The largest absolute Gasteiger partial charge is 0.465 e. The van der Waals surface area contributed by atoms with Gasteiger partial charge >= 0.3 is 12.1 Å². The number of aromatic nitrogens is 1. The van der Waals surface area contributed by atoms with E-state index >= 15 is 0 Å². The molecule has 0 atom stereocenters. The van der Waals surface area contributed by atoms with Gasteiger partial charge in [-0.15, -0.1) is 0 Å². The Morgan fingerprint density at radius 1 is 1.04 bits per heavy atom. The molecule has 0 bridgehead atoms. The van der Waals surface area contributed by atoms with E-state index in [4.69, 9.17) is 0 Å². The van der Waals surface area contributed by atoms with Gasteiger partial charge in [0.1, 0.15) is 0 Å². The molecular formula is C19H13F4NO2S. The Morgan fingerprint density at radius 2 is 1.67 bits per heavy atom. The van der Waals surface area contributed by atoms with Crippen molar-refractivity contribution in [3.63, 3.8) is 0 Å². The lowest BCUT2D eigenvalue weighted by atomic mass is 10.1. The van der Waals surface area contributed by atoms with Gasteiger partial charge in [0.25, 0.3) is 0 Å². The Labute approximate surface area is 156 Å². The number of H-pyrrole nitrogens is 1. The monoisotopic (exact) mass is 395 g/mol. The first kappa shape index (κ1) is 19.0. The van der Waals surface area contributed by atoms with Gasteiger partial charge in [0.15, 0.2) is 10.7 Å². The van der Waals surface area contributed by atoms with Crippen LogP contribution >= 0.6 is 11.8 Å². The van der Waals surface area contributed by atoms with Crippen molar-refractivity contribution in [2.24, 2.45) is 0 Å². The minimum absolute atomic E-state index is 0.241. The number of halogens is 4. The molecule has 0 aliphatic heterocycles. The zero-order valence-electron chi connectivity index (χ0n) is 13.9. The summed E-state index contributed by atoms with van der Waals surface area (Å²) in [6.07, 6.45) is -5.18. The highest BCUT2D eigenvalue weighted by Gasteiger charge is 2.43. The number of hydrogen-bond donors (Lipinski definition) is 1. The van der Waals surface area contributed by atoms with E-state index in [9.17, 15) is 22.4 Å². The average Bonchev–Trinajstić information content (AvgIpc) is 3.00. The third-order valence-electron chi connectivity index (χ3n) is 3.78. The van der Waals surface area contributed by atoms with Crippen molar-refractivity contribution >= 4 is 28.6 Å². The summed E-state index contributed by atoms with van der Waals surface area (Å²) in [5.74, 6) is -1.77. The van der Waals surface area contributed by atoms with Gasteiger partial charge in [-0.25, -0.2) is 4.79 Å². The Kier molecular flexibility index (Phi) is 5.27. The number of alkyl halides is 3. The van der Waals surface area contributed by atoms with E-state index in [1.807, 2.05) is 0 Å². The summed E-state index contributed by atoms with van der Waals surface area (Å²) in [5, 5.41) is -1.13. The van der Waals surface area contributed by atoms with Gasteiger partial charge in [-0.2, -0.15) is 17.6 Å². The molecule has 2 aromatic carbocycles. The van der Waals surface area contributed by atoms with Crippen LogP contribution in [0.15, 0.2) is 70.2 Å². The Hall–Kier alpha value is -2.74. The number of thioether (sulfide) groups is 1. The number of para-hydroxylation sites is 1. The Bertz CT molecular complexity index is 1010. The van der Waals surface area contributed by atoms with E-state index in [0.717, 1.165) is 7.11 Å². The third-order valence-corrected chi connectivity index (χ3v) is 4.79. The average molecular weight is 395 g/mol. The normalized spacial score (nSPS) is 12.8. The number of ether oxygens (including phenoxy) is 1. The van der Waals surface area contributed by atoms with Crippen LogP contribution in [0, 0.1) is 0 Å². The summed E-state index contributed by atoms with van der Waals surface area (Å²) >= 11 is 0.241. The summed E-state index contributed by atoms with van der Waals surface area (Å²) in [4.78, 5) is 14.8. The zero-order chi connectivity index (χ0) is 19.6. The van der Waals surface area contributed by atoms with E-state index < -0.39 is 22.9 Å². The maximum absolute atomic E-state index is 14.6. The predicted octanol–water partition coefficient (Wildman–Crippen LogP) is 5.84. The van der Waals surface area contributed by atoms with Gasteiger partial charge in [0, 0.05) is 15.8 Å². The van der Waals surface area contributed by atoms with Crippen molar-refractivity contribution < 1.29 is 27.1 Å². The molecular weight excluding hydrogens is 382 g/mol. The van der Waals surface area contributed by atoms with Crippen LogP contribution in [-0.4, -0.2) is 24.2 Å². The van der Waals surface area contributed by atoms with Crippen LogP contribution in [0.1, 0.15) is 0 Å². The van der Waals surface area contributed by atoms with E-state index in [0.29, 0.717) is 22.2 Å². The molecule has 0 saturated carbocycles. The second-order valence-corrected chi connectivity index (χ2v) is 6.45. The standard InChI is InChI=1S/C19H13F4NO2S/c1-26-18(25)14(19(21,22)23)17(20)27-16-12-9-5-6-10-13(12)24-15(16)11-7-3-2-4-8-11/h2-10,24H,1H3/b17-14+. The van der Waals surface area contributed by atoms with E-state index in [2.05, 4.69) is 9.72 Å². The fourth-order valence-corrected chi connectivity index (χ4v) is 3.62. The molecule has 0 fully saturated rings. The van der Waals surface area contributed by atoms with E-state index in [1.165, 1.54) is 0 Å². The van der Waals surface area contributed by atoms with Crippen molar-refractivity contribution in [1.29, 1.82) is 0 Å². The number of nitrogens with one attached hydrogen (secondary N) is 1. The van der Waals surface area contributed by atoms with E-state index in [-0.39, 0.29) is 16.7 Å². The number of methoxy groups -OCH3 is 1. The molecule has 3 rings (SSSR count). The maximum Gasteiger partial charge on any atom is 0.426 e. The maximum atomic E-state index is 14.6. The number of rotatable bonds is 4. The number of benzene rings is 2. The lowest BCUT2D eigenvalue weighted by Crippen LogP contribution is -2.22. The van der Waals surface area contributed by atoms with Gasteiger partial charge in [0.2, 0.25) is 0 Å². The number of esters is 1. The summed E-state index contributed by atoms with van der Waals surface area (Å²) in [7, 11) is 0.771. The second kappa shape index (κ2) is 7.48. The molecule has 3 aromatic rings. The van der Waals surface area contributed by atoms with Gasteiger partial charge in [-0.1, -0.05) is 60.3 Å². The Morgan fingerprint density at radius 3 is 2.30 bits per heavy atom. The lowest BCUT2D eigenvalue weighted by Gasteiger charge is -2.11. The fourth-order valence-electron chi connectivity index (χ4n) is 2.58. The highest BCUT2D eigenvalue weighted by atomic mass is 32.2. The first-order valence-corrected chi connectivity index (χ1v) is 8.54. The fraction of sp³-hybridized carbons (Fsp3) is 0.105. The molecule has 0 amide bonds. The molecule has 140 valence electrons. The molecule has 0 unspecified atom stereocenters. The zero-order valence-corrected chi connectivity index (χ0v) is 14.7. The molecule has 0 saturated heterocycles. The number of fused-ring (bicyclic) bond motifs is 1. The number of carbonyl (C=O) groups excluding carboxylic acids is 1. The molecule has 0 aliphatic carbocycles. The van der Waals surface area contributed by atoms with Crippen molar-refractivity contribution in [2.75, 3.05) is 7.11 Å². The quantitative estimate of drug-likeness (QED) is 0.261. The molecule has 0 radical (unpaired) electrons. The van der Waals surface area contributed by atoms with Crippen LogP contribution in [0.25, 0.3) is 22.2 Å². The van der Waals surface area contributed by atoms with Gasteiger partial charge in [-0.05, 0) is 11.6 Å². The minimum atomic E-state index is -5.18. The lowest BCUT2D eigenvalue weighted by molar-refractivity contribution is -0.148. The molecule has 8 heteroatoms. The van der Waals surface area contributed by atoms with Crippen LogP contribution in [-0.2, 0) is 9.53 Å². The molecule has 0 aliphatic rings. The van der Waals surface area contributed by atoms with Gasteiger partial charge < -0.3 is 9.72 Å². The third kappa shape index (κ3) is 3.85. The highest BCUT2D eigenvalue weighted by molar-refractivity contribution is 8.03. The number of aromatic amines is 1.